The maximum absolute atomic E-state index is 12.3. The lowest BCUT2D eigenvalue weighted by Gasteiger charge is -2.35. The highest BCUT2D eigenvalue weighted by Gasteiger charge is 2.30. The van der Waals surface area contributed by atoms with Gasteiger partial charge < -0.3 is 19.3 Å². The number of ether oxygens (including phenoxy) is 1. The summed E-state index contributed by atoms with van der Waals surface area (Å²) >= 11 is 0. The summed E-state index contributed by atoms with van der Waals surface area (Å²) in [6, 6.07) is 1.61. The molecule has 0 radical (unpaired) electrons. The van der Waals surface area contributed by atoms with Crippen molar-refractivity contribution in [3.8, 4) is 0 Å². The third kappa shape index (κ3) is 3.13. The van der Waals surface area contributed by atoms with Gasteiger partial charge in [-0.2, -0.15) is 0 Å². The SMILES string of the molecule is CCC1CN(C(=O)c2cc(COC)on2)CCC1O. The van der Waals surface area contributed by atoms with Crippen LogP contribution >= 0.6 is 0 Å². The molecule has 19 heavy (non-hydrogen) atoms. The highest BCUT2D eigenvalue weighted by Crippen LogP contribution is 2.21. The van der Waals surface area contributed by atoms with E-state index < -0.39 is 0 Å². The lowest BCUT2D eigenvalue weighted by molar-refractivity contribution is 0.0224. The lowest BCUT2D eigenvalue weighted by Crippen LogP contribution is -2.45. The minimum absolute atomic E-state index is 0.142. The van der Waals surface area contributed by atoms with Crippen LogP contribution in [0.2, 0.25) is 0 Å². The molecule has 6 nitrogen and oxygen atoms in total. The molecular weight excluding hydrogens is 248 g/mol. The van der Waals surface area contributed by atoms with E-state index in [1.54, 1.807) is 18.1 Å². The summed E-state index contributed by atoms with van der Waals surface area (Å²) in [6.07, 6.45) is 1.17. The monoisotopic (exact) mass is 268 g/mol. The van der Waals surface area contributed by atoms with Crippen LogP contribution in [0.25, 0.3) is 0 Å². The smallest absolute Gasteiger partial charge is 0.276 e. The summed E-state index contributed by atoms with van der Waals surface area (Å²) in [5.41, 5.74) is 0.304. The van der Waals surface area contributed by atoms with Crippen LogP contribution in [-0.4, -0.2) is 47.4 Å². The van der Waals surface area contributed by atoms with Crippen molar-refractivity contribution in [3.05, 3.63) is 17.5 Å². The minimum atomic E-state index is -0.310. The Labute approximate surface area is 112 Å². The van der Waals surface area contributed by atoms with Gasteiger partial charge in [0.15, 0.2) is 11.5 Å². The molecule has 1 aliphatic rings. The number of aliphatic hydroxyl groups excluding tert-OH is 1. The summed E-state index contributed by atoms with van der Waals surface area (Å²) in [6.45, 7) is 3.46. The maximum atomic E-state index is 12.3. The van der Waals surface area contributed by atoms with Gasteiger partial charge in [-0.3, -0.25) is 4.79 Å². The molecule has 1 aromatic heterocycles. The Morgan fingerprint density at radius 1 is 1.68 bits per heavy atom. The van der Waals surface area contributed by atoms with Crippen molar-refractivity contribution in [2.45, 2.75) is 32.5 Å². The molecule has 0 spiro atoms. The Balaban J connectivity index is 2.02. The Morgan fingerprint density at radius 3 is 3.16 bits per heavy atom. The second-order valence-corrected chi connectivity index (χ2v) is 4.89. The van der Waals surface area contributed by atoms with Gasteiger partial charge in [0.25, 0.3) is 5.91 Å². The van der Waals surface area contributed by atoms with Gasteiger partial charge in [-0.25, -0.2) is 0 Å². The van der Waals surface area contributed by atoms with Crippen molar-refractivity contribution in [2.24, 2.45) is 5.92 Å². The molecule has 0 aliphatic carbocycles. The van der Waals surface area contributed by atoms with Crippen LogP contribution in [0.5, 0.6) is 0 Å². The molecule has 1 amide bonds. The van der Waals surface area contributed by atoms with Crippen LogP contribution in [-0.2, 0) is 11.3 Å². The molecule has 2 heterocycles. The van der Waals surface area contributed by atoms with Crippen molar-refractivity contribution in [1.82, 2.24) is 10.1 Å². The van der Waals surface area contributed by atoms with Crippen LogP contribution in [0.3, 0.4) is 0 Å². The average molecular weight is 268 g/mol. The first kappa shape index (κ1) is 14.0. The number of aromatic nitrogens is 1. The molecule has 6 heteroatoms. The molecule has 0 aromatic carbocycles. The Kier molecular flexibility index (Phi) is 4.55. The van der Waals surface area contributed by atoms with Crippen LogP contribution in [0.1, 0.15) is 36.0 Å². The Hall–Kier alpha value is -1.40. The molecule has 0 bridgehead atoms. The molecule has 1 aromatic rings. The van der Waals surface area contributed by atoms with Gasteiger partial charge in [0, 0.05) is 32.2 Å². The fourth-order valence-corrected chi connectivity index (χ4v) is 2.39. The summed E-state index contributed by atoms with van der Waals surface area (Å²) < 4.78 is 9.94. The summed E-state index contributed by atoms with van der Waals surface area (Å²) in [4.78, 5) is 14.0. The standard InChI is InChI=1S/C13H20N2O4/c1-3-9-7-15(5-4-12(9)16)13(17)11-6-10(8-18-2)19-14-11/h6,9,12,16H,3-5,7-8H2,1-2H3. The van der Waals surface area contributed by atoms with Crippen LogP contribution in [0.4, 0.5) is 0 Å². The predicted molar refractivity (Wildman–Crippen MR) is 67.5 cm³/mol. The number of rotatable bonds is 4. The van der Waals surface area contributed by atoms with Gasteiger partial charge in [-0.05, 0) is 12.8 Å². The number of likely N-dealkylation sites (tertiary alicyclic amines) is 1. The first-order valence-corrected chi connectivity index (χ1v) is 6.57. The van der Waals surface area contributed by atoms with Gasteiger partial charge in [-0.1, -0.05) is 12.1 Å². The van der Waals surface area contributed by atoms with E-state index in [1.807, 2.05) is 6.92 Å². The quantitative estimate of drug-likeness (QED) is 0.883. The molecule has 1 N–H and O–H groups in total. The van der Waals surface area contributed by atoms with Crippen molar-refractivity contribution in [2.75, 3.05) is 20.2 Å². The molecular formula is C13H20N2O4. The summed E-state index contributed by atoms with van der Waals surface area (Å²) in [7, 11) is 1.56. The van der Waals surface area contributed by atoms with Crippen molar-refractivity contribution >= 4 is 5.91 Å². The Morgan fingerprint density at radius 2 is 2.47 bits per heavy atom. The van der Waals surface area contributed by atoms with Gasteiger partial charge in [0.1, 0.15) is 6.61 Å². The lowest BCUT2D eigenvalue weighted by atomic mass is 9.92. The van der Waals surface area contributed by atoms with E-state index in [9.17, 15) is 9.90 Å². The third-order valence-corrected chi connectivity index (χ3v) is 3.57. The molecule has 0 saturated carbocycles. The maximum Gasteiger partial charge on any atom is 0.276 e. The van der Waals surface area contributed by atoms with Crippen molar-refractivity contribution in [3.63, 3.8) is 0 Å². The number of nitrogens with zero attached hydrogens (tertiary/aromatic N) is 2. The van der Waals surface area contributed by atoms with Gasteiger partial charge in [0.2, 0.25) is 0 Å². The van der Waals surface area contributed by atoms with E-state index in [2.05, 4.69) is 5.16 Å². The first-order chi connectivity index (χ1) is 9.15. The zero-order valence-corrected chi connectivity index (χ0v) is 11.3. The number of aliphatic hydroxyl groups is 1. The molecule has 1 fully saturated rings. The fourth-order valence-electron chi connectivity index (χ4n) is 2.39. The molecule has 2 atom stereocenters. The van der Waals surface area contributed by atoms with Gasteiger partial charge >= 0.3 is 0 Å². The van der Waals surface area contributed by atoms with Crippen molar-refractivity contribution in [1.29, 1.82) is 0 Å². The molecule has 106 valence electrons. The van der Waals surface area contributed by atoms with Crippen molar-refractivity contribution < 1.29 is 19.2 Å². The van der Waals surface area contributed by atoms with E-state index in [1.165, 1.54) is 0 Å². The van der Waals surface area contributed by atoms with E-state index in [0.29, 0.717) is 37.6 Å². The minimum Gasteiger partial charge on any atom is -0.393 e. The molecule has 1 saturated heterocycles. The predicted octanol–water partition coefficient (Wildman–Crippen LogP) is 1.05. The molecule has 2 unspecified atom stereocenters. The number of piperidine rings is 1. The molecule has 2 rings (SSSR count). The number of amides is 1. The summed E-state index contributed by atoms with van der Waals surface area (Å²) in [5, 5.41) is 13.6. The zero-order chi connectivity index (χ0) is 13.8. The number of carbonyl (C=O) groups excluding carboxylic acids is 1. The number of hydrogen-bond acceptors (Lipinski definition) is 5. The highest BCUT2D eigenvalue weighted by molar-refractivity contribution is 5.92. The highest BCUT2D eigenvalue weighted by atomic mass is 16.5. The second-order valence-electron chi connectivity index (χ2n) is 4.89. The summed E-state index contributed by atoms with van der Waals surface area (Å²) in [5.74, 6) is 0.537. The number of hydrogen-bond donors (Lipinski definition) is 1. The normalized spacial score (nSPS) is 23.6. The van der Waals surface area contributed by atoms with E-state index >= 15 is 0 Å². The van der Waals surface area contributed by atoms with E-state index in [-0.39, 0.29) is 17.9 Å². The van der Waals surface area contributed by atoms with Crippen LogP contribution < -0.4 is 0 Å². The topological polar surface area (TPSA) is 75.8 Å². The van der Waals surface area contributed by atoms with E-state index in [4.69, 9.17) is 9.26 Å². The van der Waals surface area contributed by atoms with Gasteiger partial charge in [0.05, 0.1) is 6.10 Å². The largest absolute Gasteiger partial charge is 0.393 e. The van der Waals surface area contributed by atoms with Gasteiger partial charge in [-0.15, -0.1) is 0 Å². The Bertz CT molecular complexity index is 432. The average Bonchev–Trinajstić information content (AvgIpc) is 2.87. The fraction of sp³-hybridized carbons (Fsp3) is 0.692. The van der Waals surface area contributed by atoms with Crippen LogP contribution in [0.15, 0.2) is 10.6 Å². The molecule has 1 aliphatic heterocycles. The third-order valence-electron chi connectivity index (χ3n) is 3.57. The number of methoxy groups -OCH3 is 1. The van der Waals surface area contributed by atoms with E-state index in [0.717, 1.165) is 6.42 Å². The van der Waals surface area contributed by atoms with Crippen LogP contribution in [0, 0.1) is 5.92 Å². The second kappa shape index (κ2) is 6.16. The first-order valence-electron chi connectivity index (χ1n) is 6.57. The number of carbonyl (C=O) groups is 1. The zero-order valence-electron chi connectivity index (χ0n) is 11.3.